The zero-order chi connectivity index (χ0) is 17.1. The molecule has 1 aromatic heterocycles. The van der Waals surface area contributed by atoms with Crippen LogP contribution >= 0.6 is 0 Å². The Labute approximate surface area is 142 Å². The van der Waals surface area contributed by atoms with Gasteiger partial charge in [-0.1, -0.05) is 0 Å². The monoisotopic (exact) mass is 331 g/mol. The number of fused-ring (bicyclic) bond motifs is 1. The number of rotatable bonds is 6. The molecule has 6 nitrogen and oxygen atoms in total. The molecule has 0 radical (unpaired) electrons. The summed E-state index contributed by atoms with van der Waals surface area (Å²) in [5, 5.41) is 18.4. The fraction of sp³-hybridized carbons (Fsp3) is 0.500. The highest BCUT2D eigenvalue weighted by Crippen LogP contribution is 2.30. The molecule has 0 aliphatic heterocycles. The molecule has 130 valence electrons. The normalized spacial score (nSPS) is 18.1. The fourth-order valence-corrected chi connectivity index (χ4v) is 3.31. The summed E-state index contributed by atoms with van der Waals surface area (Å²) in [4.78, 5) is 0. The van der Waals surface area contributed by atoms with Gasteiger partial charge < -0.3 is 19.9 Å². The first-order valence-electron chi connectivity index (χ1n) is 8.27. The molecular weight excluding hydrogens is 306 g/mol. The maximum atomic E-state index is 10.5. The third kappa shape index (κ3) is 3.39. The van der Waals surface area contributed by atoms with Gasteiger partial charge in [-0.25, -0.2) is 0 Å². The van der Waals surface area contributed by atoms with Crippen LogP contribution in [0, 0.1) is 0 Å². The van der Waals surface area contributed by atoms with E-state index in [1.807, 2.05) is 30.1 Å². The Balaban J connectivity index is 1.69. The lowest BCUT2D eigenvalue weighted by Crippen LogP contribution is -2.29. The Morgan fingerprint density at radius 2 is 2.00 bits per heavy atom. The summed E-state index contributed by atoms with van der Waals surface area (Å²) in [6.07, 6.45) is 4.57. The van der Waals surface area contributed by atoms with Crippen molar-refractivity contribution in [1.29, 1.82) is 0 Å². The highest BCUT2D eigenvalue weighted by atomic mass is 16.5. The molecule has 2 N–H and O–H groups in total. The third-order valence-electron chi connectivity index (χ3n) is 4.69. The van der Waals surface area contributed by atoms with Gasteiger partial charge >= 0.3 is 0 Å². The van der Waals surface area contributed by atoms with E-state index in [-0.39, 0.29) is 6.04 Å². The van der Waals surface area contributed by atoms with Crippen LogP contribution < -0.4 is 14.8 Å². The van der Waals surface area contributed by atoms with Gasteiger partial charge in [0.1, 0.15) is 11.5 Å². The number of hydrogen-bond acceptors (Lipinski definition) is 5. The van der Waals surface area contributed by atoms with E-state index in [4.69, 9.17) is 9.47 Å². The van der Waals surface area contributed by atoms with Crippen molar-refractivity contribution in [3.05, 3.63) is 41.2 Å². The summed E-state index contributed by atoms with van der Waals surface area (Å²) >= 11 is 0. The average Bonchev–Trinajstić information content (AvgIpc) is 3.01. The number of aliphatic hydroxyl groups is 1. The van der Waals surface area contributed by atoms with Gasteiger partial charge in [0.25, 0.3) is 0 Å². The summed E-state index contributed by atoms with van der Waals surface area (Å²) in [6, 6.07) is 5.72. The molecular formula is C18H25N3O3. The van der Waals surface area contributed by atoms with Gasteiger partial charge in [-0.15, -0.1) is 0 Å². The Morgan fingerprint density at radius 3 is 2.67 bits per heavy atom. The molecule has 0 saturated carbocycles. The summed E-state index contributed by atoms with van der Waals surface area (Å²) in [6.45, 7) is 0.468. The number of nitrogens with zero attached hydrogens (tertiary/aromatic N) is 2. The molecule has 6 heteroatoms. The van der Waals surface area contributed by atoms with Crippen LogP contribution in [-0.2, 0) is 13.5 Å². The maximum absolute atomic E-state index is 10.5. The number of aliphatic hydroxyl groups excluding tert-OH is 1. The first-order chi connectivity index (χ1) is 11.6. The van der Waals surface area contributed by atoms with Crippen LogP contribution in [0.3, 0.4) is 0 Å². The number of benzene rings is 1. The van der Waals surface area contributed by atoms with Gasteiger partial charge in [0, 0.05) is 37.0 Å². The highest BCUT2D eigenvalue weighted by molar-refractivity contribution is 5.39. The lowest BCUT2D eigenvalue weighted by atomic mass is 9.92. The molecule has 1 heterocycles. The van der Waals surface area contributed by atoms with Crippen LogP contribution in [0.2, 0.25) is 0 Å². The highest BCUT2D eigenvalue weighted by Gasteiger charge is 2.24. The molecule has 0 bridgehead atoms. The van der Waals surface area contributed by atoms with E-state index in [1.165, 1.54) is 11.3 Å². The average molecular weight is 331 g/mol. The second kappa shape index (κ2) is 7.23. The van der Waals surface area contributed by atoms with E-state index in [0.717, 1.165) is 24.8 Å². The second-order valence-corrected chi connectivity index (χ2v) is 6.19. The minimum Gasteiger partial charge on any atom is -0.497 e. The van der Waals surface area contributed by atoms with Crippen molar-refractivity contribution in [1.82, 2.24) is 15.1 Å². The van der Waals surface area contributed by atoms with Crippen LogP contribution in [0.15, 0.2) is 24.4 Å². The standard InChI is InChI=1S/C18H25N3O3/c1-21-17-6-4-5-16(15(17)10-20-21)19-11-18(22)12-7-13(23-2)9-14(8-12)24-3/h7-10,16,18-19,22H,4-6,11H2,1-3H3. The smallest absolute Gasteiger partial charge is 0.122 e. The molecule has 2 aromatic rings. The summed E-state index contributed by atoms with van der Waals surface area (Å²) in [5.41, 5.74) is 3.32. The summed E-state index contributed by atoms with van der Waals surface area (Å²) in [5.74, 6) is 1.35. The SMILES string of the molecule is COc1cc(OC)cc(C(O)CNC2CCCc3c2cnn3C)c1. The van der Waals surface area contributed by atoms with E-state index in [0.29, 0.717) is 18.0 Å². The van der Waals surface area contributed by atoms with Crippen LogP contribution in [0.5, 0.6) is 11.5 Å². The first kappa shape index (κ1) is 16.8. The number of ether oxygens (including phenoxy) is 2. The second-order valence-electron chi connectivity index (χ2n) is 6.19. The van der Waals surface area contributed by atoms with Crippen molar-refractivity contribution in [3.8, 4) is 11.5 Å². The lowest BCUT2D eigenvalue weighted by Gasteiger charge is -2.25. The van der Waals surface area contributed by atoms with Crippen LogP contribution in [-0.4, -0.2) is 35.7 Å². The molecule has 0 amide bonds. The van der Waals surface area contributed by atoms with Crippen LogP contribution in [0.25, 0.3) is 0 Å². The Kier molecular flexibility index (Phi) is 5.06. The molecule has 0 spiro atoms. The number of methoxy groups -OCH3 is 2. The first-order valence-corrected chi connectivity index (χ1v) is 8.27. The Hall–Kier alpha value is -2.05. The van der Waals surface area contributed by atoms with Crippen molar-refractivity contribution in [2.24, 2.45) is 7.05 Å². The third-order valence-corrected chi connectivity index (χ3v) is 4.69. The molecule has 1 aliphatic rings. The molecule has 3 rings (SSSR count). The summed E-state index contributed by atoms with van der Waals surface area (Å²) < 4.78 is 12.5. The van der Waals surface area contributed by atoms with Gasteiger partial charge in [-0.3, -0.25) is 4.68 Å². The van der Waals surface area contributed by atoms with E-state index in [2.05, 4.69) is 10.4 Å². The van der Waals surface area contributed by atoms with Gasteiger partial charge in [-0.2, -0.15) is 5.10 Å². The number of hydrogen-bond donors (Lipinski definition) is 2. The molecule has 2 unspecified atom stereocenters. The Morgan fingerprint density at radius 1 is 1.29 bits per heavy atom. The van der Waals surface area contributed by atoms with E-state index in [9.17, 15) is 5.11 Å². The van der Waals surface area contributed by atoms with Gasteiger partial charge in [0.05, 0.1) is 26.5 Å². The largest absolute Gasteiger partial charge is 0.497 e. The predicted octanol–water partition coefficient (Wildman–Crippen LogP) is 2.14. The minimum absolute atomic E-state index is 0.240. The van der Waals surface area contributed by atoms with Crippen molar-refractivity contribution in [2.75, 3.05) is 20.8 Å². The van der Waals surface area contributed by atoms with E-state index in [1.54, 1.807) is 20.3 Å². The summed E-state index contributed by atoms with van der Waals surface area (Å²) in [7, 11) is 5.20. The molecule has 0 saturated heterocycles. The molecule has 1 aliphatic carbocycles. The number of aryl methyl sites for hydroxylation is 1. The number of nitrogens with one attached hydrogen (secondary N) is 1. The zero-order valence-corrected chi connectivity index (χ0v) is 14.5. The minimum atomic E-state index is -0.629. The van der Waals surface area contributed by atoms with Gasteiger partial charge in [0.2, 0.25) is 0 Å². The molecule has 24 heavy (non-hydrogen) atoms. The quantitative estimate of drug-likeness (QED) is 0.849. The van der Waals surface area contributed by atoms with Crippen LogP contribution in [0.4, 0.5) is 0 Å². The van der Waals surface area contributed by atoms with E-state index < -0.39 is 6.10 Å². The molecule has 1 aromatic carbocycles. The van der Waals surface area contributed by atoms with Crippen molar-refractivity contribution < 1.29 is 14.6 Å². The van der Waals surface area contributed by atoms with E-state index >= 15 is 0 Å². The van der Waals surface area contributed by atoms with Crippen LogP contribution in [0.1, 0.15) is 41.8 Å². The van der Waals surface area contributed by atoms with Crippen molar-refractivity contribution in [2.45, 2.75) is 31.4 Å². The molecule has 2 atom stereocenters. The lowest BCUT2D eigenvalue weighted by molar-refractivity contribution is 0.167. The zero-order valence-electron chi connectivity index (χ0n) is 14.5. The van der Waals surface area contributed by atoms with Gasteiger partial charge in [0.15, 0.2) is 0 Å². The number of aromatic nitrogens is 2. The fourth-order valence-electron chi connectivity index (χ4n) is 3.31. The van der Waals surface area contributed by atoms with Gasteiger partial charge in [-0.05, 0) is 37.0 Å². The molecule has 0 fully saturated rings. The van der Waals surface area contributed by atoms with Crippen molar-refractivity contribution in [3.63, 3.8) is 0 Å². The topological polar surface area (TPSA) is 68.5 Å². The Bertz CT molecular complexity index is 677. The maximum Gasteiger partial charge on any atom is 0.122 e. The predicted molar refractivity (Wildman–Crippen MR) is 91.4 cm³/mol. The van der Waals surface area contributed by atoms with Crippen molar-refractivity contribution >= 4 is 0 Å².